The molecule has 1 unspecified atom stereocenters. The maximum Gasteiger partial charge on any atom is 0.224 e. The van der Waals surface area contributed by atoms with Crippen LogP contribution in [0, 0.1) is 0 Å². The molecule has 1 N–H and O–H groups in total. The van der Waals surface area contributed by atoms with Crippen LogP contribution in [0.3, 0.4) is 0 Å². The number of halogens is 2. The van der Waals surface area contributed by atoms with Crippen LogP contribution < -0.4 is 10.1 Å². The molecule has 0 saturated carbocycles. The lowest BCUT2D eigenvalue weighted by Crippen LogP contribution is -2.18. The summed E-state index contributed by atoms with van der Waals surface area (Å²) in [5.41, 5.74) is 1.00. The molecular formula is C15H16BrClN2O. The molecule has 5 heteroatoms. The summed E-state index contributed by atoms with van der Waals surface area (Å²) < 4.78 is 6.79. The molecule has 0 bridgehead atoms. The first kappa shape index (κ1) is 15.3. The summed E-state index contributed by atoms with van der Waals surface area (Å²) in [6, 6.07) is 9.56. The standard InChI is InChI=1S/C15H16BrClN2O/c1-3-18-10(2)12-5-4-8-19-15(12)20-14-9-11(16)6-7-13(14)17/h4-10,18H,3H2,1-2H3. The number of nitrogens with one attached hydrogen (secondary N) is 1. The van der Waals surface area contributed by atoms with Crippen molar-refractivity contribution in [2.75, 3.05) is 6.54 Å². The average molecular weight is 356 g/mol. The highest BCUT2D eigenvalue weighted by molar-refractivity contribution is 9.10. The molecular weight excluding hydrogens is 340 g/mol. The van der Waals surface area contributed by atoms with E-state index in [4.69, 9.17) is 16.3 Å². The van der Waals surface area contributed by atoms with Gasteiger partial charge < -0.3 is 10.1 Å². The Kier molecular flexibility index (Phi) is 5.40. The summed E-state index contributed by atoms with van der Waals surface area (Å²) in [7, 11) is 0. The first-order valence-corrected chi connectivity index (χ1v) is 7.60. The molecule has 0 fully saturated rings. The Morgan fingerprint density at radius 1 is 1.40 bits per heavy atom. The zero-order valence-corrected chi connectivity index (χ0v) is 13.7. The molecule has 0 radical (unpaired) electrons. The molecule has 0 aliphatic rings. The van der Waals surface area contributed by atoms with Gasteiger partial charge in [-0.25, -0.2) is 4.98 Å². The summed E-state index contributed by atoms with van der Waals surface area (Å²) in [6.07, 6.45) is 1.71. The fourth-order valence-electron chi connectivity index (χ4n) is 1.89. The lowest BCUT2D eigenvalue weighted by atomic mass is 10.1. The minimum atomic E-state index is 0.162. The van der Waals surface area contributed by atoms with Crippen LogP contribution in [0.2, 0.25) is 5.02 Å². The Hall–Kier alpha value is -1.10. The maximum absolute atomic E-state index is 6.15. The van der Waals surface area contributed by atoms with Crippen molar-refractivity contribution in [3.8, 4) is 11.6 Å². The van der Waals surface area contributed by atoms with Crippen molar-refractivity contribution in [3.63, 3.8) is 0 Å². The van der Waals surface area contributed by atoms with Crippen LogP contribution in [0.25, 0.3) is 0 Å². The van der Waals surface area contributed by atoms with Gasteiger partial charge in [-0.1, -0.05) is 40.5 Å². The highest BCUT2D eigenvalue weighted by Crippen LogP contribution is 2.33. The maximum atomic E-state index is 6.15. The van der Waals surface area contributed by atoms with Crippen molar-refractivity contribution in [1.82, 2.24) is 10.3 Å². The van der Waals surface area contributed by atoms with E-state index >= 15 is 0 Å². The zero-order valence-electron chi connectivity index (χ0n) is 11.4. The number of aromatic nitrogens is 1. The average Bonchev–Trinajstić information content (AvgIpc) is 2.44. The number of hydrogen-bond acceptors (Lipinski definition) is 3. The summed E-state index contributed by atoms with van der Waals surface area (Å²) in [5.74, 6) is 1.16. The first-order valence-electron chi connectivity index (χ1n) is 6.43. The van der Waals surface area contributed by atoms with Gasteiger partial charge in [-0.15, -0.1) is 0 Å². The van der Waals surface area contributed by atoms with E-state index in [1.165, 1.54) is 0 Å². The van der Waals surface area contributed by atoms with E-state index in [1.54, 1.807) is 12.3 Å². The third-order valence-corrected chi connectivity index (χ3v) is 3.68. The molecule has 20 heavy (non-hydrogen) atoms. The molecule has 2 rings (SSSR count). The van der Waals surface area contributed by atoms with E-state index < -0.39 is 0 Å². The van der Waals surface area contributed by atoms with Crippen molar-refractivity contribution in [2.45, 2.75) is 19.9 Å². The van der Waals surface area contributed by atoms with Crippen LogP contribution >= 0.6 is 27.5 Å². The normalized spacial score (nSPS) is 12.2. The van der Waals surface area contributed by atoms with E-state index in [-0.39, 0.29) is 6.04 Å². The van der Waals surface area contributed by atoms with Crippen LogP contribution in [-0.2, 0) is 0 Å². The number of rotatable bonds is 5. The van der Waals surface area contributed by atoms with E-state index in [9.17, 15) is 0 Å². The van der Waals surface area contributed by atoms with Crippen LogP contribution in [-0.4, -0.2) is 11.5 Å². The molecule has 1 aromatic heterocycles. The largest absolute Gasteiger partial charge is 0.437 e. The summed E-state index contributed by atoms with van der Waals surface area (Å²) >= 11 is 9.56. The number of benzene rings is 1. The minimum Gasteiger partial charge on any atom is -0.437 e. The lowest BCUT2D eigenvalue weighted by Gasteiger charge is -2.16. The van der Waals surface area contributed by atoms with Crippen LogP contribution in [0.4, 0.5) is 0 Å². The summed E-state index contributed by atoms with van der Waals surface area (Å²) in [5, 5.41) is 3.91. The second kappa shape index (κ2) is 7.07. The predicted octanol–water partition coefficient (Wildman–Crippen LogP) is 4.96. The molecule has 2 aromatic rings. The third kappa shape index (κ3) is 3.72. The molecule has 3 nitrogen and oxygen atoms in total. The van der Waals surface area contributed by atoms with E-state index in [2.05, 4.69) is 40.1 Å². The van der Waals surface area contributed by atoms with Gasteiger partial charge in [-0.05, 0) is 37.7 Å². The Bertz CT molecular complexity index is 592. The summed E-state index contributed by atoms with van der Waals surface area (Å²) in [4.78, 5) is 4.31. The van der Waals surface area contributed by atoms with Crippen LogP contribution in [0.5, 0.6) is 11.6 Å². The highest BCUT2D eigenvalue weighted by atomic mass is 79.9. The minimum absolute atomic E-state index is 0.162. The Morgan fingerprint density at radius 3 is 2.95 bits per heavy atom. The fraction of sp³-hybridized carbons (Fsp3) is 0.267. The number of pyridine rings is 1. The van der Waals surface area contributed by atoms with E-state index in [0.29, 0.717) is 16.7 Å². The Labute approximate surface area is 132 Å². The van der Waals surface area contributed by atoms with Gasteiger partial charge >= 0.3 is 0 Å². The molecule has 1 heterocycles. The van der Waals surface area contributed by atoms with Crippen LogP contribution in [0.15, 0.2) is 41.0 Å². The fourth-order valence-corrected chi connectivity index (χ4v) is 2.39. The van der Waals surface area contributed by atoms with Crippen molar-refractivity contribution < 1.29 is 4.74 Å². The van der Waals surface area contributed by atoms with Gasteiger partial charge in [0, 0.05) is 22.3 Å². The van der Waals surface area contributed by atoms with Crippen molar-refractivity contribution in [2.24, 2.45) is 0 Å². The molecule has 0 spiro atoms. The molecule has 0 aliphatic heterocycles. The molecule has 1 atom stereocenters. The zero-order chi connectivity index (χ0) is 14.5. The Morgan fingerprint density at radius 2 is 2.20 bits per heavy atom. The second-order valence-corrected chi connectivity index (χ2v) is 5.68. The first-order chi connectivity index (χ1) is 9.61. The number of ether oxygens (including phenoxy) is 1. The molecule has 0 amide bonds. The summed E-state index contributed by atoms with van der Waals surface area (Å²) in [6.45, 7) is 5.03. The molecule has 1 aromatic carbocycles. The molecule has 106 valence electrons. The van der Waals surface area contributed by atoms with Gasteiger partial charge in [0.25, 0.3) is 0 Å². The number of hydrogen-bond donors (Lipinski definition) is 1. The van der Waals surface area contributed by atoms with Gasteiger partial charge in [-0.3, -0.25) is 0 Å². The van der Waals surface area contributed by atoms with E-state index in [0.717, 1.165) is 16.6 Å². The van der Waals surface area contributed by atoms with Gasteiger partial charge in [0.2, 0.25) is 5.88 Å². The van der Waals surface area contributed by atoms with Gasteiger partial charge in [0.05, 0.1) is 5.02 Å². The third-order valence-electron chi connectivity index (χ3n) is 2.88. The molecule has 0 saturated heterocycles. The van der Waals surface area contributed by atoms with Gasteiger partial charge in [0.1, 0.15) is 5.75 Å². The topological polar surface area (TPSA) is 34.2 Å². The smallest absolute Gasteiger partial charge is 0.224 e. The quantitative estimate of drug-likeness (QED) is 0.823. The van der Waals surface area contributed by atoms with Crippen molar-refractivity contribution in [3.05, 3.63) is 51.6 Å². The highest BCUT2D eigenvalue weighted by Gasteiger charge is 2.13. The molecule has 0 aliphatic carbocycles. The van der Waals surface area contributed by atoms with Gasteiger partial charge in [-0.2, -0.15) is 0 Å². The SMILES string of the molecule is CCNC(C)c1cccnc1Oc1cc(Br)ccc1Cl. The van der Waals surface area contributed by atoms with E-state index in [1.807, 2.05) is 24.3 Å². The number of nitrogens with zero attached hydrogens (tertiary/aromatic N) is 1. The Balaban J connectivity index is 2.31. The van der Waals surface area contributed by atoms with Crippen molar-refractivity contribution in [1.29, 1.82) is 0 Å². The lowest BCUT2D eigenvalue weighted by molar-refractivity contribution is 0.444. The predicted molar refractivity (Wildman–Crippen MR) is 85.6 cm³/mol. The second-order valence-electron chi connectivity index (χ2n) is 4.35. The van der Waals surface area contributed by atoms with Crippen LogP contribution in [0.1, 0.15) is 25.5 Å². The van der Waals surface area contributed by atoms with Crippen molar-refractivity contribution >= 4 is 27.5 Å². The monoisotopic (exact) mass is 354 g/mol. The van der Waals surface area contributed by atoms with Gasteiger partial charge in [0.15, 0.2) is 0 Å².